The van der Waals surface area contributed by atoms with E-state index in [4.69, 9.17) is 14.2 Å². The molecule has 4 bridgehead atoms. The average molecular weight is 533 g/mol. The predicted octanol–water partition coefficient (Wildman–Crippen LogP) is 4.42. The van der Waals surface area contributed by atoms with Gasteiger partial charge >= 0.3 is 11.9 Å². The van der Waals surface area contributed by atoms with Crippen LogP contribution in [0.1, 0.15) is 59.2 Å². The molecule has 0 unspecified atom stereocenters. The van der Waals surface area contributed by atoms with Gasteiger partial charge in [-0.2, -0.15) is 0 Å². The van der Waals surface area contributed by atoms with Crippen molar-refractivity contribution in [2.75, 3.05) is 27.3 Å². The Hall–Kier alpha value is -2.74. The van der Waals surface area contributed by atoms with Crippen molar-refractivity contribution in [2.45, 2.75) is 74.9 Å². The van der Waals surface area contributed by atoms with Crippen LogP contribution >= 0.6 is 0 Å². The van der Waals surface area contributed by atoms with Crippen molar-refractivity contribution in [3.63, 3.8) is 0 Å². The first kappa shape index (κ1) is 26.5. The molecule has 4 heterocycles. The number of nitrogens with zero attached hydrogens (tertiary/aromatic N) is 2. The van der Waals surface area contributed by atoms with Gasteiger partial charge in [-0.3, -0.25) is 9.80 Å². The Balaban J connectivity index is 1.13. The highest BCUT2D eigenvalue weighted by molar-refractivity contribution is 5.89. The molecule has 6 rings (SSSR count). The number of hydrogen-bond donors (Lipinski definition) is 0. The van der Waals surface area contributed by atoms with Gasteiger partial charge in [-0.15, -0.1) is 0 Å². The van der Waals surface area contributed by atoms with Crippen LogP contribution in [0.2, 0.25) is 0 Å². The Bertz CT molecular complexity index is 1050. The summed E-state index contributed by atoms with van der Waals surface area (Å²) < 4.78 is 18.8. The lowest BCUT2D eigenvalue weighted by atomic mass is 9.87. The number of benzene rings is 2. The third-order valence-electron chi connectivity index (χ3n) is 9.90. The van der Waals surface area contributed by atoms with E-state index in [1.807, 2.05) is 60.7 Å². The summed E-state index contributed by atoms with van der Waals surface area (Å²) in [6, 6.07) is 20.1. The molecule has 0 aromatic heterocycles. The minimum Gasteiger partial charge on any atom is -0.458 e. The van der Waals surface area contributed by atoms with Crippen molar-refractivity contribution < 1.29 is 23.8 Å². The largest absolute Gasteiger partial charge is 0.458 e. The van der Waals surface area contributed by atoms with Gasteiger partial charge < -0.3 is 14.2 Å². The molecular weight excluding hydrogens is 492 g/mol. The van der Waals surface area contributed by atoms with Gasteiger partial charge in [-0.05, 0) is 64.0 Å². The molecule has 2 aromatic carbocycles. The first-order valence-corrected chi connectivity index (χ1v) is 14.5. The van der Waals surface area contributed by atoms with E-state index in [-0.39, 0.29) is 36.0 Å². The highest BCUT2D eigenvalue weighted by atomic mass is 16.6. The molecule has 0 radical (unpaired) electrons. The molecule has 0 saturated carbocycles. The van der Waals surface area contributed by atoms with Crippen molar-refractivity contribution in [1.29, 1.82) is 0 Å². The number of carbonyl (C=O) groups is 2. The molecule has 0 N–H and O–H groups in total. The molecule has 0 spiro atoms. The molecule has 7 nitrogen and oxygen atoms in total. The van der Waals surface area contributed by atoms with Crippen molar-refractivity contribution in [2.24, 2.45) is 11.8 Å². The predicted molar refractivity (Wildman–Crippen MR) is 147 cm³/mol. The Kier molecular flexibility index (Phi) is 7.74. The SMILES string of the molecule is CN1[C@H]2CC[C@@H]1[C@@H](COC[C@@H]1[C@H](OC(=O)c3ccccc3)C[C@H]3CC[C@@H]1N3C)[C@@H](OC(=O)c1ccccc1)C2. The van der Waals surface area contributed by atoms with Gasteiger partial charge in [0.25, 0.3) is 0 Å². The number of piperidine rings is 2. The van der Waals surface area contributed by atoms with Crippen molar-refractivity contribution in [3.8, 4) is 0 Å². The molecule has 8 atom stereocenters. The lowest BCUT2D eigenvalue weighted by Gasteiger charge is -2.44. The quantitative estimate of drug-likeness (QED) is 0.466. The van der Waals surface area contributed by atoms with Crippen LogP contribution in [0.5, 0.6) is 0 Å². The molecule has 0 amide bonds. The summed E-state index contributed by atoms with van der Waals surface area (Å²) in [6.45, 7) is 1.06. The van der Waals surface area contributed by atoms with E-state index in [1.54, 1.807) is 0 Å². The zero-order valence-corrected chi connectivity index (χ0v) is 23.0. The molecule has 4 aliphatic rings. The fraction of sp³-hybridized carbons (Fsp3) is 0.562. The number of ether oxygens (including phenoxy) is 3. The minimum atomic E-state index is -0.256. The smallest absolute Gasteiger partial charge is 0.338 e. The molecule has 4 aliphatic heterocycles. The summed E-state index contributed by atoms with van der Waals surface area (Å²) >= 11 is 0. The topological polar surface area (TPSA) is 68.3 Å². The van der Waals surface area contributed by atoms with Gasteiger partial charge in [-0.25, -0.2) is 9.59 Å². The maximum Gasteiger partial charge on any atom is 0.338 e. The van der Waals surface area contributed by atoms with E-state index in [2.05, 4.69) is 23.9 Å². The zero-order valence-electron chi connectivity index (χ0n) is 23.0. The van der Waals surface area contributed by atoms with E-state index in [1.165, 1.54) is 0 Å². The third kappa shape index (κ3) is 5.37. The van der Waals surface area contributed by atoms with Crippen LogP contribution in [0.3, 0.4) is 0 Å². The third-order valence-corrected chi connectivity index (χ3v) is 9.90. The van der Waals surface area contributed by atoms with E-state index in [9.17, 15) is 9.59 Å². The first-order chi connectivity index (χ1) is 19.0. The van der Waals surface area contributed by atoms with Crippen LogP contribution in [-0.4, -0.2) is 85.4 Å². The minimum absolute atomic E-state index is 0.115. The zero-order chi connectivity index (χ0) is 26.9. The van der Waals surface area contributed by atoms with Crippen LogP contribution in [0.25, 0.3) is 0 Å². The second kappa shape index (κ2) is 11.4. The summed E-state index contributed by atoms with van der Waals surface area (Å²) in [6.07, 6.45) is 5.81. The van der Waals surface area contributed by atoms with Gasteiger partial charge in [0.2, 0.25) is 0 Å². The van der Waals surface area contributed by atoms with E-state index >= 15 is 0 Å². The molecule has 4 saturated heterocycles. The monoisotopic (exact) mass is 532 g/mol. The van der Waals surface area contributed by atoms with Crippen molar-refractivity contribution >= 4 is 11.9 Å². The summed E-state index contributed by atoms with van der Waals surface area (Å²) in [5.74, 6) is -0.282. The highest BCUT2D eigenvalue weighted by Crippen LogP contribution is 2.42. The van der Waals surface area contributed by atoms with E-state index < -0.39 is 0 Å². The average Bonchev–Trinajstić information content (AvgIpc) is 3.35. The summed E-state index contributed by atoms with van der Waals surface area (Å²) in [4.78, 5) is 30.8. The Labute approximate surface area is 231 Å². The van der Waals surface area contributed by atoms with Crippen LogP contribution in [0.4, 0.5) is 0 Å². The number of carbonyl (C=O) groups excluding carboxylic acids is 2. The Morgan fingerprint density at radius 3 is 1.49 bits per heavy atom. The maximum atomic E-state index is 12.9. The molecule has 4 fully saturated rings. The summed E-state index contributed by atoms with van der Waals surface area (Å²) in [7, 11) is 4.39. The summed E-state index contributed by atoms with van der Waals surface area (Å²) in [5.41, 5.74) is 1.18. The molecular formula is C32H40N2O5. The van der Waals surface area contributed by atoms with E-state index in [0.717, 1.165) is 38.5 Å². The van der Waals surface area contributed by atoms with Gasteiger partial charge in [0.05, 0.1) is 24.3 Å². The first-order valence-electron chi connectivity index (χ1n) is 14.5. The molecule has 39 heavy (non-hydrogen) atoms. The normalized spacial score (nSPS) is 34.1. The standard InChI is InChI=1S/C32H40N2O5/c1-33-23-13-15-27(33)25(29(17-23)38-31(35)21-9-5-3-6-10-21)19-37-20-26-28-16-14-24(34(28)2)18-30(26)39-32(36)22-11-7-4-8-12-22/h3-12,23-30H,13-20H2,1-2H3/t23-,24+,25+,26-,27+,28-,29-,30+. The van der Waals surface area contributed by atoms with Gasteiger partial charge in [0.15, 0.2) is 0 Å². The molecule has 7 heteroatoms. The second-order valence-electron chi connectivity index (χ2n) is 11.9. The molecule has 0 aliphatic carbocycles. The van der Waals surface area contributed by atoms with Crippen LogP contribution in [0.15, 0.2) is 60.7 Å². The lowest BCUT2D eigenvalue weighted by molar-refractivity contribution is -0.0890. The molecule has 208 valence electrons. The Morgan fingerprint density at radius 1 is 0.667 bits per heavy atom. The fourth-order valence-electron chi connectivity index (χ4n) is 7.67. The van der Waals surface area contributed by atoms with Gasteiger partial charge in [-0.1, -0.05) is 36.4 Å². The number of hydrogen-bond acceptors (Lipinski definition) is 7. The van der Waals surface area contributed by atoms with Crippen molar-refractivity contribution in [1.82, 2.24) is 9.80 Å². The van der Waals surface area contributed by atoms with E-state index in [0.29, 0.717) is 48.5 Å². The van der Waals surface area contributed by atoms with Crippen LogP contribution in [0, 0.1) is 11.8 Å². The lowest BCUT2D eigenvalue weighted by Crippen LogP contribution is -2.53. The Morgan fingerprint density at radius 2 is 1.08 bits per heavy atom. The van der Waals surface area contributed by atoms with Crippen LogP contribution < -0.4 is 0 Å². The summed E-state index contributed by atoms with van der Waals surface area (Å²) in [5, 5.41) is 0. The second-order valence-corrected chi connectivity index (χ2v) is 11.9. The van der Waals surface area contributed by atoms with Crippen LogP contribution in [-0.2, 0) is 14.2 Å². The number of fused-ring (bicyclic) bond motifs is 4. The van der Waals surface area contributed by atoms with Crippen molar-refractivity contribution in [3.05, 3.63) is 71.8 Å². The molecule has 2 aromatic rings. The fourth-order valence-corrected chi connectivity index (χ4v) is 7.67. The number of esters is 2. The van der Waals surface area contributed by atoms with Gasteiger partial charge in [0.1, 0.15) is 12.2 Å². The maximum absolute atomic E-state index is 12.9. The number of rotatable bonds is 8. The van der Waals surface area contributed by atoms with Gasteiger partial charge in [0, 0.05) is 48.8 Å². The highest BCUT2D eigenvalue weighted by Gasteiger charge is 2.49.